The predicted molar refractivity (Wildman–Crippen MR) is 126 cm³/mol. The van der Waals surface area contributed by atoms with Gasteiger partial charge in [-0.3, -0.25) is 9.10 Å². The Morgan fingerprint density at radius 1 is 0.935 bits per heavy atom. The molecule has 0 unspecified atom stereocenters. The van der Waals surface area contributed by atoms with E-state index in [1.807, 2.05) is 49.4 Å². The fourth-order valence-electron chi connectivity index (χ4n) is 3.23. The number of para-hydroxylation sites is 1. The second-order valence-corrected chi connectivity index (χ2v) is 9.73. The molecule has 0 aliphatic heterocycles. The number of hydrogen-bond donors (Lipinski definition) is 1. The lowest BCUT2D eigenvalue weighted by Crippen LogP contribution is -2.30. The van der Waals surface area contributed by atoms with Crippen LogP contribution in [0.15, 0.2) is 72.8 Å². The smallest absolute Gasteiger partial charge is 0.251 e. The summed E-state index contributed by atoms with van der Waals surface area (Å²) < 4.78 is 26.1. The van der Waals surface area contributed by atoms with Crippen LogP contribution < -0.4 is 9.62 Å². The third-order valence-corrected chi connectivity index (χ3v) is 6.32. The van der Waals surface area contributed by atoms with Crippen LogP contribution in [0.4, 0.5) is 5.69 Å². The van der Waals surface area contributed by atoms with E-state index in [-0.39, 0.29) is 12.5 Å². The van der Waals surface area contributed by atoms with Crippen molar-refractivity contribution in [1.29, 1.82) is 0 Å². The van der Waals surface area contributed by atoms with Crippen molar-refractivity contribution in [1.82, 2.24) is 5.32 Å². The molecule has 1 amide bonds. The van der Waals surface area contributed by atoms with Crippen molar-refractivity contribution < 1.29 is 13.2 Å². The molecule has 162 valence electrons. The molecule has 3 aromatic carbocycles. The second-order valence-electron chi connectivity index (χ2n) is 7.39. The molecular weight excluding hydrogens is 432 g/mol. The van der Waals surface area contributed by atoms with Crippen LogP contribution in [0.25, 0.3) is 0 Å². The van der Waals surface area contributed by atoms with Crippen molar-refractivity contribution >= 4 is 33.2 Å². The third kappa shape index (κ3) is 6.32. The van der Waals surface area contributed by atoms with E-state index in [4.69, 9.17) is 11.6 Å². The highest BCUT2D eigenvalue weighted by Gasteiger charge is 2.19. The average molecular weight is 457 g/mol. The van der Waals surface area contributed by atoms with Crippen molar-refractivity contribution in [3.05, 3.63) is 100 Å². The molecule has 0 aliphatic carbocycles. The van der Waals surface area contributed by atoms with Gasteiger partial charge in [-0.1, -0.05) is 54.1 Å². The first-order chi connectivity index (χ1) is 14.7. The number of benzene rings is 3. The average Bonchev–Trinajstić information content (AvgIpc) is 2.74. The number of amides is 1. The number of sulfonamides is 1. The van der Waals surface area contributed by atoms with E-state index in [1.54, 1.807) is 30.3 Å². The standard InChI is InChI=1S/C24H25ClN2O3S/c1-18-5-3-4-6-23(18)27(31(2,29)30)17-20-7-11-21(12-8-20)24(28)26-16-15-19-9-13-22(25)14-10-19/h3-14H,15-17H2,1-2H3,(H,26,28). The molecular formula is C24H25ClN2O3S. The minimum atomic E-state index is -3.46. The van der Waals surface area contributed by atoms with Gasteiger partial charge in [0, 0.05) is 17.1 Å². The number of aryl methyl sites for hydroxylation is 1. The first-order valence-corrected chi connectivity index (χ1v) is 12.1. The Morgan fingerprint density at radius 2 is 1.55 bits per heavy atom. The van der Waals surface area contributed by atoms with Gasteiger partial charge < -0.3 is 5.32 Å². The van der Waals surface area contributed by atoms with Gasteiger partial charge in [-0.05, 0) is 60.4 Å². The molecule has 0 bridgehead atoms. The predicted octanol–water partition coefficient (Wildman–Crippen LogP) is 4.59. The van der Waals surface area contributed by atoms with E-state index < -0.39 is 10.0 Å². The molecule has 3 rings (SSSR count). The Balaban J connectivity index is 1.63. The van der Waals surface area contributed by atoms with E-state index in [0.717, 1.165) is 16.7 Å². The third-order valence-electron chi connectivity index (χ3n) is 4.94. The van der Waals surface area contributed by atoms with E-state index in [0.29, 0.717) is 29.2 Å². The summed E-state index contributed by atoms with van der Waals surface area (Å²) in [6, 6.07) is 21.9. The van der Waals surface area contributed by atoms with Crippen LogP contribution in [-0.2, 0) is 23.0 Å². The molecule has 7 heteroatoms. The van der Waals surface area contributed by atoms with E-state index in [1.165, 1.54) is 10.6 Å². The molecule has 0 atom stereocenters. The van der Waals surface area contributed by atoms with E-state index in [9.17, 15) is 13.2 Å². The van der Waals surface area contributed by atoms with Gasteiger partial charge in [-0.2, -0.15) is 0 Å². The Labute approximate surface area is 188 Å². The summed E-state index contributed by atoms with van der Waals surface area (Å²) in [5, 5.41) is 3.59. The lowest BCUT2D eigenvalue weighted by molar-refractivity contribution is 0.0954. The van der Waals surface area contributed by atoms with Crippen LogP contribution >= 0.6 is 11.6 Å². The molecule has 0 aromatic heterocycles. The summed E-state index contributed by atoms with van der Waals surface area (Å²) in [6.07, 6.45) is 1.91. The van der Waals surface area contributed by atoms with E-state index >= 15 is 0 Å². The van der Waals surface area contributed by atoms with Gasteiger partial charge in [0.1, 0.15) is 0 Å². The maximum absolute atomic E-state index is 12.4. The maximum atomic E-state index is 12.4. The van der Waals surface area contributed by atoms with Gasteiger partial charge in [0.05, 0.1) is 18.5 Å². The first-order valence-electron chi connectivity index (χ1n) is 9.89. The summed E-state index contributed by atoms with van der Waals surface area (Å²) in [5.74, 6) is -0.167. The molecule has 0 saturated carbocycles. The first kappa shape index (κ1) is 22.8. The topological polar surface area (TPSA) is 66.5 Å². The summed E-state index contributed by atoms with van der Waals surface area (Å²) in [4.78, 5) is 12.4. The second kappa shape index (κ2) is 9.98. The molecule has 0 aliphatic rings. The molecule has 0 radical (unpaired) electrons. The molecule has 0 saturated heterocycles. The van der Waals surface area contributed by atoms with Crippen LogP contribution in [0.5, 0.6) is 0 Å². The van der Waals surface area contributed by atoms with Crippen LogP contribution in [0, 0.1) is 6.92 Å². The molecule has 3 aromatic rings. The normalized spacial score (nSPS) is 11.2. The molecule has 5 nitrogen and oxygen atoms in total. The Bertz CT molecular complexity index is 1140. The van der Waals surface area contributed by atoms with Crippen LogP contribution in [0.2, 0.25) is 5.02 Å². The maximum Gasteiger partial charge on any atom is 0.251 e. The van der Waals surface area contributed by atoms with Gasteiger partial charge in [-0.15, -0.1) is 0 Å². The molecule has 31 heavy (non-hydrogen) atoms. The van der Waals surface area contributed by atoms with Crippen molar-refractivity contribution in [3.8, 4) is 0 Å². The zero-order valence-electron chi connectivity index (χ0n) is 17.5. The molecule has 0 fully saturated rings. The SMILES string of the molecule is Cc1ccccc1N(Cc1ccc(C(=O)NCCc2ccc(Cl)cc2)cc1)S(C)(=O)=O. The minimum Gasteiger partial charge on any atom is -0.352 e. The summed E-state index contributed by atoms with van der Waals surface area (Å²) in [5.41, 5.74) is 3.95. The lowest BCUT2D eigenvalue weighted by Gasteiger charge is -2.24. The number of nitrogens with one attached hydrogen (secondary N) is 1. The van der Waals surface area contributed by atoms with Crippen LogP contribution in [0.1, 0.15) is 27.0 Å². The van der Waals surface area contributed by atoms with Crippen molar-refractivity contribution in [2.75, 3.05) is 17.1 Å². The summed E-state index contributed by atoms with van der Waals surface area (Å²) >= 11 is 5.88. The summed E-state index contributed by atoms with van der Waals surface area (Å²) in [7, 11) is -3.46. The highest BCUT2D eigenvalue weighted by molar-refractivity contribution is 7.92. The molecule has 0 spiro atoms. The lowest BCUT2D eigenvalue weighted by atomic mass is 10.1. The monoisotopic (exact) mass is 456 g/mol. The van der Waals surface area contributed by atoms with Gasteiger partial charge in [-0.25, -0.2) is 8.42 Å². The van der Waals surface area contributed by atoms with Crippen molar-refractivity contribution in [2.24, 2.45) is 0 Å². The van der Waals surface area contributed by atoms with Gasteiger partial charge in [0.15, 0.2) is 0 Å². The van der Waals surface area contributed by atoms with Gasteiger partial charge >= 0.3 is 0 Å². The van der Waals surface area contributed by atoms with Crippen molar-refractivity contribution in [3.63, 3.8) is 0 Å². The Kier molecular flexibility index (Phi) is 7.36. The molecule has 1 N–H and O–H groups in total. The number of hydrogen-bond acceptors (Lipinski definition) is 3. The largest absolute Gasteiger partial charge is 0.352 e. The fraction of sp³-hybridized carbons (Fsp3) is 0.208. The minimum absolute atomic E-state index is 0.167. The number of carbonyl (C=O) groups excluding carboxylic acids is 1. The van der Waals surface area contributed by atoms with Crippen LogP contribution in [-0.4, -0.2) is 27.1 Å². The highest BCUT2D eigenvalue weighted by atomic mass is 35.5. The number of rotatable bonds is 8. The van der Waals surface area contributed by atoms with Gasteiger partial charge in [0.25, 0.3) is 5.91 Å². The molecule has 0 heterocycles. The zero-order chi connectivity index (χ0) is 22.4. The van der Waals surface area contributed by atoms with Crippen LogP contribution in [0.3, 0.4) is 0 Å². The quantitative estimate of drug-likeness (QED) is 0.539. The Morgan fingerprint density at radius 3 is 2.16 bits per heavy atom. The van der Waals surface area contributed by atoms with Crippen molar-refractivity contribution in [2.45, 2.75) is 19.9 Å². The number of nitrogens with zero attached hydrogens (tertiary/aromatic N) is 1. The number of halogens is 1. The highest BCUT2D eigenvalue weighted by Crippen LogP contribution is 2.24. The number of carbonyl (C=O) groups is 1. The zero-order valence-corrected chi connectivity index (χ0v) is 19.1. The fourth-order valence-corrected chi connectivity index (χ4v) is 4.30. The number of anilines is 1. The Hall–Kier alpha value is -2.83. The summed E-state index contributed by atoms with van der Waals surface area (Å²) in [6.45, 7) is 2.59. The van der Waals surface area contributed by atoms with E-state index in [2.05, 4.69) is 5.32 Å². The van der Waals surface area contributed by atoms with Gasteiger partial charge in [0.2, 0.25) is 10.0 Å².